The van der Waals surface area contributed by atoms with E-state index in [2.05, 4.69) is 24.1 Å². The highest BCUT2D eigenvalue weighted by atomic mass is 16.5. The Morgan fingerprint density at radius 2 is 2.40 bits per heavy atom. The molecule has 2 aliphatic rings. The number of piperazine rings is 1. The van der Waals surface area contributed by atoms with Gasteiger partial charge in [-0.05, 0) is 26.2 Å². The zero-order chi connectivity index (χ0) is 10.7. The van der Waals surface area contributed by atoms with E-state index in [1.165, 1.54) is 25.8 Å². The number of nitrogens with zero attached hydrogens (tertiary/aromatic N) is 1. The van der Waals surface area contributed by atoms with Gasteiger partial charge in [-0.15, -0.1) is 0 Å². The second kappa shape index (κ2) is 4.81. The molecule has 2 aliphatic heterocycles. The largest absolute Gasteiger partial charge is 0.374 e. The Morgan fingerprint density at radius 1 is 1.53 bits per heavy atom. The van der Waals surface area contributed by atoms with Crippen LogP contribution in [0.3, 0.4) is 0 Å². The molecule has 2 rings (SSSR count). The van der Waals surface area contributed by atoms with Gasteiger partial charge >= 0.3 is 0 Å². The molecule has 0 amide bonds. The van der Waals surface area contributed by atoms with Crippen LogP contribution in [0.5, 0.6) is 0 Å². The number of hydrogen-bond acceptors (Lipinski definition) is 3. The highest BCUT2D eigenvalue weighted by Crippen LogP contribution is 2.27. The molecule has 0 saturated carbocycles. The molecule has 0 aromatic carbocycles. The Kier molecular flexibility index (Phi) is 3.65. The van der Waals surface area contributed by atoms with E-state index in [4.69, 9.17) is 4.74 Å². The minimum Gasteiger partial charge on any atom is -0.374 e. The van der Waals surface area contributed by atoms with Crippen molar-refractivity contribution in [3.63, 3.8) is 0 Å². The van der Waals surface area contributed by atoms with Crippen LogP contribution in [-0.4, -0.2) is 49.3 Å². The molecule has 0 aliphatic carbocycles. The average molecular weight is 212 g/mol. The maximum absolute atomic E-state index is 5.87. The smallest absolute Gasteiger partial charge is 0.0781 e. The van der Waals surface area contributed by atoms with E-state index in [9.17, 15) is 0 Å². The second-order valence-corrected chi connectivity index (χ2v) is 5.14. The molecule has 2 heterocycles. The molecule has 88 valence electrons. The van der Waals surface area contributed by atoms with E-state index < -0.39 is 0 Å². The molecule has 0 spiro atoms. The van der Waals surface area contributed by atoms with Gasteiger partial charge in [-0.3, -0.25) is 4.90 Å². The standard InChI is InChI=1S/C12H24N2O/c1-3-11-9-13-6-7-14(11)10-12(2)5-4-8-15-12/h11,13H,3-10H2,1-2H3. The lowest BCUT2D eigenvalue weighted by molar-refractivity contribution is -0.0234. The zero-order valence-corrected chi connectivity index (χ0v) is 10.1. The lowest BCUT2D eigenvalue weighted by Gasteiger charge is -2.40. The number of hydrogen-bond donors (Lipinski definition) is 1. The van der Waals surface area contributed by atoms with E-state index >= 15 is 0 Å². The average Bonchev–Trinajstić information content (AvgIpc) is 2.66. The van der Waals surface area contributed by atoms with E-state index in [0.717, 1.165) is 26.2 Å². The maximum Gasteiger partial charge on any atom is 0.0781 e. The number of rotatable bonds is 3. The molecule has 15 heavy (non-hydrogen) atoms. The predicted molar refractivity (Wildman–Crippen MR) is 62.1 cm³/mol. The van der Waals surface area contributed by atoms with Crippen molar-refractivity contribution >= 4 is 0 Å². The molecule has 0 bridgehead atoms. The van der Waals surface area contributed by atoms with Gasteiger partial charge in [0.25, 0.3) is 0 Å². The van der Waals surface area contributed by atoms with Crippen LogP contribution >= 0.6 is 0 Å². The summed E-state index contributed by atoms with van der Waals surface area (Å²) in [5, 5.41) is 3.47. The Hall–Kier alpha value is -0.120. The fourth-order valence-electron chi connectivity index (χ4n) is 2.80. The molecular weight excluding hydrogens is 188 g/mol. The van der Waals surface area contributed by atoms with Crippen molar-refractivity contribution in [3.8, 4) is 0 Å². The fraction of sp³-hybridized carbons (Fsp3) is 1.00. The van der Waals surface area contributed by atoms with Crippen molar-refractivity contribution in [3.05, 3.63) is 0 Å². The van der Waals surface area contributed by atoms with E-state index in [-0.39, 0.29) is 5.60 Å². The van der Waals surface area contributed by atoms with Gasteiger partial charge in [0.05, 0.1) is 5.60 Å². The van der Waals surface area contributed by atoms with Crippen molar-refractivity contribution in [1.82, 2.24) is 10.2 Å². The third-order valence-electron chi connectivity index (χ3n) is 3.78. The third kappa shape index (κ3) is 2.71. The summed E-state index contributed by atoms with van der Waals surface area (Å²) in [6.45, 7) is 10.1. The van der Waals surface area contributed by atoms with Crippen molar-refractivity contribution in [1.29, 1.82) is 0 Å². The van der Waals surface area contributed by atoms with Crippen molar-refractivity contribution in [2.45, 2.75) is 44.8 Å². The van der Waals surface area contributed by atoms with Crippen LogP contribution in [-0.2, 0) is 4.74 Å². The molecule has 1 N–H and O–H groups in total. The van der Waals surface area contributed by atoms with Gasteiger partial charge in [-0.1, -0.05) is 6.92 Å². The minimum atomic E-state index is 0.130. The summed E-state index contributed by atoms with van der Waals surface area (Å²) in [5.41, 5.74) is 0.130. The second-order valence-electron chi connectivity index (χ2n) is 5.14. The van der Waals surface area contributed by atoms with Crippen molar-refractivity contribution < 1.29 is 4.74 Å². The Bertz CT molecular complexity index is 202. The van der Waals surface area contributed by atoms with Gasteiger partial charge in [-0.2, -0.15) is 0 Å². The minimum absolute atomic E-state index is 0.130. The van der Waals surface area contributed by atoms with Gasteiger partial charge in [0, 0.05) is 38.8 Å². The normalized spacial score (nSPS) is 38.4. The summed E-state index contributed by atoms with van der Waals surface area (Å²) in [5.74, 6) is 0. The van der Waals surface area contributed by atoms with Crippen molar-refractivity contribution in [2.24, 2.45) is 0 Å². The summed E-state index contributed by atoms with van der Waals surface area (Å²) in [6, 6.07) is 0.708. The molecule has 2 saturated heterocycles. The maximum atomic E-state index is 5.87. The lowest BCUT2D eigenvalue weighted by Crippen LogP contribution is -2.55. The Labute approximate surface area is 93.2 Å². The highest BCUT2D eigenvalue weighted by Gasteiger charge is 2.34. The monoisotopic (exact) mass is 212 g/mol. The van der Waals surface area contributed by atoms with Gasteiger partial charge in [0.15, 0.2) is 0 Å². The number of nitrogens with one attached hydrogen (secondary N) is 1. The molecule has 2 fully saturated rings. The molecular formula is C12H24N2O. The van der Waals surface area contributed by atoms with Crippen LogP contribution in [0.25, 0.3) is 0 Å². The zero-order valence-electron chi connectivity index (χ0n) is 10.1. The van der Waals surface area contributed by atoms with Crippen LogP contribution in [0.1, 0.15) is 33.1 Å². The van der Waals surface area contributed by atoms with Gasteiger partial charge in [-0.25, -0.2) is 0 Å². The number of ether oxygens (including phenoxy) is 1. The first-order valence-electron chi connectivity index (χ1n) is 6.32. The Balaban J connectivity index is 1.90. The van der Waals surface area contributed by atoms with Crippen LogP contribution in [0.4, 0.5) is 0 Å². The molecule has 3 heteroatoms. The van der Waals surface area contributed by atoms with Crippen LogP contribution in [0, 0.1) is 0 Å². The summed E-state index contributed by atoms with van der Waals surface area (Å²) >= 11 is 0. The summed E-state index contributed by atoms with van der Waals surface area (Å²) < 4.78 is 5.87. The molecule has 0 aromatic rings. The highest BCUT2D eigenvalue weighted by molar-refractivity contribution is 4.88. The summed E-state index contributed by atoms with van der Waals surface area (Å²) in [4.78, 5) is 2.61. The third-order valence-corrected chi connectivity index (χ3v) is 3.78. The SMILES string of the molecule is CCC1CNCCN1CC1(C)CCCO1. The van der Waals surface area contributed by atoms with Crippen LogP contribution < -0.4 is 5.32 Å². The first-order chi connectivity index (χ1) is 7.23. The topological polar surface area (TPSA) is 24.5 Å². The molecule has 2 unspecified atom stereocenters. The van der Waals surface area contributed by atoms with Gasteiger partial charge in [0.2, 0.25) is 0 Å². The molecule has 0 radical (unpaired) electrons. The van der Waals surface area contributed by atoms with E-state index in [1.54, 1.807) is 0 Å². The quantitative estimate of drug-likeness (QED) is 0.762. The van der Waals surface area contributed by atoms with Crippen molar-refractivity contribution in [2.75, 3.05) is 32.8 Å². The molecule has 0 aromatic heterocycles. The lowest BCUT2D eigenvalue weighted by atomic mass is 10.00. The molecule has 3 nitrogen and oxygen atoms in total. The first-order valence-corrected chi connectivity index (χ1v) is 6.32. The van der Waals surface area contributed by atoms with Crippen LogP contribution in [0.2, 0.25) is 0 Å². The fourth-order valence-corrected chi connectivity index (χ4v) is 2.80. The summed E-state index contributed by atoms with van der Waals surface area (Å²) in [7, 11) is 0. The van der Waals surface area contributed by atoms with E-state index in [1.807, 2.05) is 0 Å². The summed E-state index contributed by atoms with van der Waals surface area (Å²) in [6.07, 6.45) is 3.70. The first kappa shape index (κ1) is 11.4. The van der Waals surface area contributed by atoms with Gasteiger partial charge in [0.1, 0.15) is 0 Å². The Morgan fingerprint density at radius 3 is 3.07 bits per heavy atom. The predicted octanol–water partition coefficient (Wildman–Crippen LogP) is 1.24. The molecule has 2 atom stereocenters. The van der Waals surface area contributed by atoms with Gasteiger partial charge < -0.3 is 10.1 Å². The van der Waals surface area contributed by atoms with E-state index in [0.29, 0.717) is 6.04 Å². The van der Waals surface area contributed by atoms with Crippen LogP contribution in [0.15, 0.2) is 0 Å².